The van der Waals surface area contributed by atoms with E-state index in [1.807, 2.05) is 45.9 Å². The van der Waals surface area contributed by atoms with Crippen LogP contribution >= 0.6 is 11.8 Å². The number of esters is 1. The number of benzene rings is 1. The first kappa shape index (κ1) is 23.0. The van der Waals surface area contributed by atoms with E-state index in [0.717, 1.165) is 23.2 Å². The van der Waals surface area contributed by atoms with Crippen LogP contribution in [-0.4, -0.2) is 53.4 Å². The van der Waals surface area contributed by atoms with Crippen molar-refractivity contribution >= 4 is 35.2 Å². The van der Waals surface area contributed by atoms with Gasteiger partial charge in [0, 0.05) is 11.7 Å². The lowest BCUT2D eigenvalue weighted by Gasteiger charge is -2.28. The second kappa shape index (κ2) is 11.6. The van der Waals surface area contributed by atoms with Crippen LogP contribution in [0.4, 0.5) is 5.69 Å². The third-order valence-corrected chi connectivity index (χ3v) is 5.28. The van der Waals surface area contributed by atoms with Gasteiger partial charge in [0.1, 0.15) is 6.54 Å². The third kappa shape index (κ3) is 7.62. The first-order valence-corrected chi connectivity index (χ1v) is 10.3. The molecule has 6 nitrogen and oxygen atoms in total. The van der Waals surface area contributed by atoms with Crippen LogP contribution in [0.15, 0.2) is 18.2 Å². The number of nitrogens with zero attached hydrogens (tertiary/aromatic N) is 1. The zero-order valence-electron chi connectivity index (χ0n) is 16.8. The van der Waals surface area contributed by atoms with E-state index in [4.69, 9.17) is 4.74 Å². The predicted octanol–water partition coefficient (Wildman–Crippen LogP) is 3.17. The van der Waals surface area contributed by atoms with E-state index >= 15 is 0 Å². The average Bonchev–Trinajstić information content (AvgIpc) is 2.63. The molecule has 0 aliphatic carbocycles. The zero-order valence-corrected chi connectivity index (χ0v) is 17.6. The molecular weight excluding hydrogens is 364 g/mol. The van der Waals surface area contributed by atoms with Crippen molar-refractivity contribution in [3.8, 4) is 0 Å². The summed E-state index contributed by atoms with van der Waals surface area (Å²) in [5.74, 6) is -0.455. The number of thioether (sulfide) groups is 1. The highest BCUT2D eigenvalue weighted by molar-refractivity contribution is 8.00. The second-order valence-corrected chi connectivity index (χ2v) is 7.36. The highest BCUT2D eigenvalue weighted by Gasteiger charge is 2.22. The Kier molecular flexibility index (Phi) is 9.93. The van der Waals surface area contributed by atoms with Gasteiger partial charge in [0.05, 0.1) is 18.1 Å². The number of ether oxygens (including phenoxy) is 1. The van der Waals surface area contributed by atoms with Crippen molar-refractivity contribution in [2.24, 2.45) is 0 Å². The van der Waals surface area contributed by atoms with Crippen molar-refractivity contribution in [1.82, 2.24) is 4.90 Å². The van der Waals surface area contributed by atoms with Crippen molar-refractivity contribution in [2.75, 3.05) is 30.0 Å². The summed E-state index contributed by atoms with van der Waals surface area (Å²) in [7, 11) is 0. The van der Waals surface area contributed by atoms with Crippen LogP contribution < -0.4 is 5.32 Å². The van der Waals surface area contributed by atoms with Gasteiger partial charge in [-0.3, -0.25) is 14.4 Å². The quantitative estimate of drug-likeness (QED) is 0.617. The first-order valence-electron chi connectivity index (χ1n) is 9.19. The number of amides is 2. The highest BCUT2D eigenvalue weighted by Crippen LogP contribution is 2.18. The van der Waals surface area contributed by atoms with Crippen LogP contribution in [0.5, 0.6) is 0 Å². The summed E-state index contributed by atoms with van der Waals surface area (Å²) < 4.78 is 4.86. The molecule has 1 N–H and O–H groups in total. The molecule has 1 aromatic carbocycles. The van der Waals surface area contributed by atoms with Gasteiger partial charge < -0.3 is 15.0 Å². The molecule has 0 bridgehead atoms. The van der Waals surface area contributed by atoms with Crippen LogP contribution in [0.25, 0.3) is 0 Å². The van der Waals surface area contributed by atoms with Crippen LogP contribution in [0.2, 0.25) is 0 Å². The van der Waals surface area contributed by atoms with Crippen LogP contribution in [0, 0.1) is 13.8 Å². The summed E-state index contributed by atoms with van der Waals surface area (Å²) in [6.45, 7) is 9.88. The summed E-state index contributed by atoms with van der Waals surface area (Å²) in [5, 5.41) is 2.89. The third-order valence-electron chi connectivity index (χ3n) is 4.39. The van der Waals surface area contributed by atoms with Gasteiger partial charge in [-0.05, 0) is 51.3 Å². The topological polar surface area (TPSA) is 75.7 Å². The van der Waals surface area contributed by atoms with Gasteiger partial charge >= 0.3 is 5.97 Å². The molecule has 0 saturated carbocycles. The fourth-order valence-electron chi connectivity index (χ4n) is 2.45. The van der Waals surface area contributed by atoms with Crippen LogP contribution in [0.3, 0.4) is 0 Å². The van der Waals surface area contributed by atoms with Gasteiger partial charge in [-0.15, -0.1) is 11.8 Å². The van der Waals surface area contributed by atoms with Crippen molar-refractivity contribution in [1.29, 1.82) is 0 Å². The van der Waals surface area contributed by atoms with Crippen molar-refractivity contribution < 1.29 is 19.1 Å². The van der Waals surface area contributed by atoms with E-state index in [9.17, 15) is 14.4 Å². The van der Waals surface area contributed by atoms with E-state index in [1.165, 1.54) is 11.8 Å². The number of hydrogen-bond donors (Lipinski definition) is 1. The fourth-order valence-corrected chi connectivity index (χ4v) is 3.14. The fraction of sp³-hybridized carbons (Fsp3) is 0.550. The molecule has 27 heavy (non-hydrogen) atoms. The molecule has 0 spiro atoms. The molecule has 150 valence electrons. The first-order chi connectivity index (χ1) is 12.8. The highest BCUT2D eigenvalue weighted by atomic mass is 32.2. The van der Waals surface area contributed by atoms with Gasteiger partial charge in [0.2, 0.25) is 11.8 Å². The lowest BCUT2D eigenvalue weighted by molar-refractivity contribution is -0.139. The maximum Gasteiger partial charge on any atom is 0.315 e. The summed E-state index contributed by atoms with van der Waals surface area (Å²) in [6.07, 6.45) is 0.741. The van der Waals surface area contributed by atoms with Gasteiger partial charge in [0.15, 0.2) is 0 Å². The smallest absolute Gasteiger partial charge is 0.315 e. The molecule has 2 amide bonds. The van der Waals surface area contributed by atoms with E-state index in [2.05, 4.69) is 5.32 Å². The SMILES string of the molecule is CCOC(=O)CSCC(=O)N(CC(=O)Nc1cccc(C)c1C)[C@H](C)CC. The average molecular weight is 395 g/mol. The molecule has 1 aromatic rings. The number of carbonyl (C=O) groups excluding carboxylic acids is 3. The van der Waals surface area contributed by atoms with E-state index in [0.29, 0.717) is 6.61 Å². The lowest BCUT2D eigenvalue weighted by atomic mass is 10.1. The van der Waals surface area contributed by atoms with Crippen LogP contribution in [0.1, 0.15) is 38.3 Å². The molecule has 1 rings (SSSR count). The minimum absolute atomic E-state index is 0.0127. The molecule has 0 fully saturated rings. The molecular formula is C20H30N2O4S. The van der Waals surface area contributed by atoms with Gasteiger partial charge in [-0.25, -0.2) is 0 Å². The second-order valence-electron chi connectivity index (χ2n) is 6.37. The maximum atomic E-state index is 12.6. The molecule has 0 aliphatic heterocycles. The Bertz CT molecular complexity index is 663. The monoisotopic (exact) mass is 394 g/mol. The number of hydrogen-bond acceptors (Lipinski definition) is 5. The number of aryl methyl sites for hydroxylation is 1. The Morgan fingerprint density at radius 2 is 1.89 bits per heavy atom. The molecule has 7 heteroatoms. The summed E-state index contributed by atoms with van der Waals surface area (Å²) >= 11 is 1.20. The Labute approximate surface area is 166 Å². The molecule has 0 unspecified atom stereocenters. The van der Waals surface area contributed by atoms with Gasteiger partial charge in [0.25, 0.3) is 0 Å². The van der Waals surface area contributed by atoms with Gasteiger partial charge in [-0.2, -0.15) is 0 Å². The number of anilines is 1. The Morgan fingerprint density at radius 1 is 1.19 bits per heavy atom. The zero-order chi connectivity index (χ0) is 20.4. The predicted molar refractivity (Wildman–Crippen MR) is 110 cm³/mol. The van der Waals surface area contributed by atoms with E-state index in [-0.39, 0.29) is 41.9 Å². The number of nitrogens with one attached hydrogen (secondary N) is 1. The number of rotatable bonds is 10. The lowest BCUT2D eigenvalue weighted by Crippen LogP contribution is -2.44. The molecule has 0 radical (unpaired) electrons. The molecule has 0 saturated heterocycles. The Morgan fingerprint density at radius 3 is 2.52 bits per heavy atom. The van der Waals surface area contributed by atoms with Crippen molar-refractivity contribution in [3.05, 3.63) is 29.3 Å². The standard InChI is InChI=1S/C20H30N2O4S/c1-6-15(4)22(19(24)12-27-13-20(25)26-7-2)11-18(23)21-17-10-8-9-14(3)16(17)5/h8-10,15H,6-7,11-13H2,1-5H3,(H,21,23)/t15-/m1/s1. The van der Waals surface area contributed by atoms with Crippen molar-refractivity contribution in [3.63, 3.8) is 0 Å². The minimum atomic E-state index is -0.335. The normalized spacial score (nSPS) is 11.6. The summed E-state index contributed by atoms with van der Waals surface area (Å²) in [4.78, 5) is 38.0. The Balaban J connectivity index is 2.68. The van der Waals surface area contributed by atoms with E-state index in [1.54, 1.807) is 11.8 Å². The molecule has 1 atom stereocenters. The van der Waals surface area contributed by atoms with Crippen LogP contribution in [-0.2, 0) is 19.1 Å². The summed E-state index contributed by atoms with van der Waals surface area (Å²) in [5.41, 5.74) is 2.86. The molecule has 0 aromatic heterocycles. The Hall–Kier alpha value is -2.02. The minimum Gasteiger partial charge on any atom is -0.465 e. The van der Waals surface area contributed by atoms with E-state index < -0.39 is 0 Å². The molecule has 0 heterocycles. The van der Waals surface area contributed by atoms with Gasteiger partial charge in [-0.1, -0.05) is 19.1 Å². The number of carbonyl (C=O) groups is 3. The molecule has 0 aliphatic rings. The maximum absolute atomic E-state index is 12.6. The largest absolute Gasteiger partial charge is 0.465 e. The van der Waals surface area contributed by atoms with Crippen molar-refractivity contribution in [2.45, 2.75) is 47.1 Å². The summed E-state index contributed by atoms with van der Waals surface area (Å²) in [6, 6.07) is 5.66.